The van der Waals surface area contributed by atoms with Crippen LogP contribution in [0.2, 0.25) is 0 Å². The van der Waals surface area contributed by atoms with Crippen molar-refractivity contribution in [2.24, 2.45) is 11.5 Å². The van der Waals surface area contributed by atoms with E-state index >= 15 is 0 Å². The van der Waals surface area contributed by atoms with Crippen LogP contribution in [0.1, 0.15) is 12.0 Å². The van der Waals surface area contributed by atoms with Gasteiger partial charge in [-0.2, -0.15) is 11.8 Å². The number of amides is 2. The summed E-state index contributed by atoms with van der Waals surface area (Å²) in [6.07, 6.45) is 2.73. The number of benzene rings is 1. The van der Waals surface area contributed by atoms with E-state index in [1.165, 1.54) is 12.1 Å². The van der Waals surface area contributed by atoms with Crippen molar-refractivity contribution in [3.8, 4) is 5.75 Å². The van der Waals surface area contributed by atoms with E-state index in [4.69, 9.17) is 11.5 Å². The maximum absolute atomic E-state index is 11.9. The first kappa shape index (κ1) is 17.3. The molecular formula is C14H21N3O3S. The summed E-state index contributed by atoms with van der Waals surface area (Å²) >= 11 is 1.60. The van der Waals surface area contributed by atoms with Crippen molar-refractivity contribution in [2.75, 3.05) is 12.0 Å². The fourth-order valence-electron chi connectivity index (χ4n) is 1.75. The van der Waals surface area contributed by atoms with Crippen molar-refractivity contribution in [2.45, 2.75) is 24.9 Å². The van der Waals surface area contributed by atoms with Crippen LogP contribution in [0.15, 0.2) is 24.3 Å². The number of phenols is 1. The van der Waals surface area contributed by atoms with Gasteiger partial charge >= 0.3 is 0 Å². The Kier molecular flexibility index (Phi) is 7.04. The molecule has 0 aromatic heterocycles. The van der Waals surface area contributed by atoms with Gasteiger partial charge in [-0.1, -0.05) is 12.1 Å². The Morgan fingerprint density at radius 2 is 1.95 bits per heavy atom. The number of nitrogens with two attached hydrogens (primary N) is 2. The van der Waals surface area contributed by atoms with Gasteiger partial charge in [0.1, 0.15) is 11.8 Å². The molecule has 0 radical (unpaired) electrons. The third-order valence-electron chi connectivity index (χ3n) is 3.01. The van der Waals surface area contributed by atoms with Gasteiger partial charge in [0.25, 0.3) is 0 Å². The lowest BCUT2D eigenvalue weighted by Gasteiger charge is -2.18. The standard InChI is InChI=1S/C14H21N3O3S/c1-21-7-6-11(15)14(20)17-12(13(16)19)8-9-2-4-10(18)5-3-9/h2-5,11-12,18H,6-8,15H2,1H3,(H2,16,19)(H,17,20)/t11-,12+/m0/s1. The van der Waals surface area contributed by atoms with Crippen LogP contribution in [-0.2, 0) is 16.0 Å². The van der Waals surface area contributed by atoms with Crippen LogP contribution in [0.4, 0.5) is 0 Å². The number of nitrogens with one attached hydrogen (secondary N) is 1. The van der Waals surface area contributed by atoms with Gasteiger partial charge in [-0.15, -0.1) is 0 Å². The van der Waals surface area contributed by atoms with Crippen molar-refractivity contribution in [3.63, 3.8) is 0 Å². The minimum Gasteiger partial charge on any atom is -0.508 e. The molecule has 0 heterocycles. The molecule has 6 N–H and O–H groups in total. The average molecular weight is 311 g/mol. The monoisotopic (exact) mass is 311 g/mol. The lowest BCUT2D eigenvalue weighted by atomic mass is 10.0. The Balaban J connectivity index is 2.63. The zero-order chi connectivity index (χ0) is 15.8. The lowest BCUT2D eigenvalue weighted by Crippen LogP contribution is -2.51. The van der Waals surface area contributed by atoms with E-state index in [1.54, 1.807) is 23.9 Å². The van der Waals surface area contributed by atoms with Gasteiger partial charge in [-0.3, -0.25) is 9.59 Å². The van der Waals surface area contributed by atoms with Gasteiger partial charge in [-0.25, -0.2) is 0 Å². The molecule has 7 heteroatoms. The van der Waals surface area contributed by atoms with Gasteiger partial charge in [0.15, 0.2) is 0 Å². The largest absolute Gasteiger partial charge is 0.508 e. The molecule has 6 nitrogen and oxygen atoms in total. The van der Waals surface area contributed by atoms with Gasteiger partial charge in [0, 0.05) is 6.42 Å². The molecule has 0 aliphatic rings. The van der Waals surface area contributed by atoms with Crippen LogP contribution in [0.5, 0.6) is 5.75 Å². The van der Waals surface area contributed by atoms with Crippen LogP contribution < -0.4 is 16.8 Å². The molecule has 1 aromatic rings. The molecule has 2 atom stereocenters. The van der Waals surface area contributed by atoms with Crippen LogP contribution in [-0.4, -0.2) is 41.0 Å². The highest BCUT2D eigenvalue weighted by atomic mass is 32.2. The molecule has 1 rings (SSSR count). The fraction of sp³-hybridized carbons (Fsp3) is 0.429. The van der Waals surface area contributed by atoms with Gasteiger partial charge in [0.05, 0.1) is 6.04 Å². The van der Waals surface area contributed by atoms with Crippen molar-refractivity contribution < 1.29 is 14.7 Å². The molecule has 0 saturated carbocycles. The minimum absolute atomic E-state index is 0.137. The summed E-state index contributed by atoms with van der Waals surface area (Å²) in [6, 6.07) is 4.90. The fourth-order valence-corrected chi connectivity index (χ4v) is 2.23. The van der Waals surface area contributed by atoms with E-state index < -0.39 is 18.0 Å². The molecule has 0 spiro atoms. The first-order chi connectivity index (χ1) is 9.93. The molecule has 0 aliphatic heterocycles. The molecule has 0 bridgehead atoms. The van der Waals surface area contributed by atoms with E-state index in [0.29, 0.717) is 6.42 Å². The number of carbonyl (C=O) groups excluding carboxylic acids is 2. The lowest BCUT2D eigenvalue weighted by molar-refractivity contribution is -0.128. The number of thioether (sulfide) groups is 1. The zero-order valence-corrected chi connectivity index (χ0v) is 12.7. The van der Waals surface area contributed by atoms with E-state index in [2.05, 4.69) is 5.32 Å². The zero-order valence-electron chi connectivity index (χ0n) is 11.9. The summed E-state index contributed by atoms with van der Waals surface area (Å²) in [7, 11) is 0. The smallest absolute Gasteiger partial charge is 0.240 e. The molecule has 1 aromatic carbocycles. The van der Waals surface area contributed by atoms with Gasteiger partial charge in [0.2, 0.25) is 11.8 Å². The highest BCUT2D eigenvalue weighted by Gasteiger charge is 2.22. The van der Waals surface area contributed by atoms with E-state index in [-0.39, 0.29) is 18.1 Å². The maximum Gasteiger partial charge on any atom is 0.240 e. The van der Waals surface area contributed by atoms with Crippen LogP contribution in [0.25, 0.3) is 0 Å². The summed E-state index contributed by atoms with van der Waals surface area (Å²) in [5.74, 6) is -0.0917. The van der Waals surface area contributed by atoms with Crippen molar-refractivity contribution in [1.29, 1.82) is 0 Å². The number of phenolic OH excluding ortho intramolecular Hbond substituents is 1. The van der Waals surface area contributed by atoms with E-state index in [0.717, 1.165) is 11.3 Å². The molecular weight excluding hydrogens is 290 g/mol. The molecule has 0 unspecified atom stereocenters. The van der Waals surface area contributed by atoms with Crippen molar-refractivity contribution in [1.82, 2.24) is 5.32 Å². The first-order valence-corrected chi connectivity index (χ1v) is 7.95. The topological polar surface area (TPSA) is 118 Å². The Hall–Kier alpha value is -1.73. The van der Waals surface area contributed by atoms with Crippen LogP contribution in [0.3, 0.4) is 0 Å². The predicted octanol–water partition coefficient (Wildman–Crippen LogP) is -0.0148. The number of rotatable bonds is 8. The number of primary amides is 1. The summed E-state index contributed by atoms with van der Waals surface area (Å²) in [5.41, 5.74) is 11.9. The van der Waals surface area contributed by atoms with Crippen LogP contribution >= 0.6 is 11.8 Å². The molecule has 2 amide bonds. The highest BCUT2D eigenvalue weighted by molar-refractivity contribution is 7.98. The number of hydrogen-bond acceptors (Lipinski definition) is 5. The molecule has 116 valence electrons. The maximum atomic E-state index is 11.9. The minimum atomic E-state index is -0.817. The second-order valence-electron chi connectivity index (χ2n) is 4.72. The van der Waals surface area contributed by atoms with Gasteiger partial charge in [-0.05, 0) is 36.1 Å². The Bertz CT molecular complexity index is 479. The normalized spacial score (nSPS) is 13.4. The summed E-state index contributed by atoms with van der Waals surface area (Å²) in [4.78, 5) is 23.4. The average Bonchev–Trinajstić information content (AvgIpc) is 2.45. The summed E-state index contributed by atoms with van der Waals surface area (Å²) < 4.78 is 0. The second kappa shape index (κ2) is 8.53. The van der Waals surface area contributed by atoms with E-state index in [9.17, 15) is 14.7 Å². The van der Waals surface area contributed by atoms with Gasteiger partial charge < -0.3 is 21.9 Å². The van der Waals surface area contributed by atoms with Crippen LogP contribution in [0, 0.1) is 0 Å². The first-order valence-electron chi connectivity index (χ1n) is 6.56. The molecule has 0 aliphatic carbocycles. The highest BCUT2D eigenvalue weighted by Crippen LogP contribution is 2.11. The summed E-state index contributed by atoms with van der Waals surface area (Å²) in [6.45, 7) is 0. The third-order valence-corrected chi connectivity index (χ3v) is 3.65. The number of carbonyl (C=O) groups is 2. The Morgan fingerprint density at radius 1 is 1.33 bits per heavy atom. The predicted molar refractivity (Wildman–Crippen MR) is 83.9 cm³/mol. The summed E-state index contributed by atoms with van der Waals surface area (Å²) in [5, 5.41) is 11.8. The number of hydrogen-bond donors (Lipinski definition) is 4. The molecule has 0 fully saturated rings. The third kappa shape index (κ3) is 6.05. The van der Waals surface area contributed by atoms with Crippen molar-refractivity contribution in [3.05, 3.63) is 29.8 Å². The Labute approximate surface area is 128 Å². The SMILES string of the molecule is CSCC[C@H](N)C(=O)N[C@H](Cc1ccc(O)cc1)C(N)=O. The quantitative estimate of drug-likeness (QED) is 0.538. The molecule has 21 heavy (non-hydrogen) atoms. The second-order valence-corrected chi connectivity index (χ2v) is 5.71. The number of aromatic hydroxyl groups is 1. The molecule has 0 saturated heterocycles. The van der Waals surface area contributed by atoms with E-state index in [1.807, 2.05) is 6.26 Å². The Morgan fingerprint density at radius 3 is 2.48 bits per heavy atom. The van der Waals surface area contributed by atoms with Crippen molar-refractivity contribution >= 4 is 23.6 Å².